The quantitative estimate of drug-likeness (QED) is 0.662. The number of anilines is 2. The average Bonchev–Trinajstić information content (AvgIpc) is 3.31. The molecule has 1 saturated heterocycles. The highest BCUT2D eigenvalue weighted by Crippen LogP contribution is 2.35. The number of amides is 2. The zero-order valence-corrected chi connectivity index (χ0v) is 17.5. The van der Waals surface area contributed by atoms with Crippen molar-refractivity contribution in [2.45, 2.75) is 26.2 Å². The molecule has 8 heteroatoms. The summed E-state index contributed by atoms with van der Waals surface area (Å²) in [6.45, 7) is 4.64. The van der Waals surface area contributed by atoms with E-state index in [1.165, 1.54) is 16.9 Å². The van der Waals surface area contributed by atoms with Gasteiger partial charge in [0.25, 0.3) is 5.91 Å². The Bertz CT molecular complexity index is 1100. The molecule has 4 rings (SSSR count). The first-order valence-electron chi connectivity index (χ1n) is 9.19. The Morgan fingerprint density at radius 3 is 2.72 bits per heavy atom. The number of benzene rings is 2. The van der Waals surface area contributed by atoms with Crippen LogP contribution in [0.25, 0.3) is 0 Å². The Kier molecular flexibility index (Phi) is 5.34. The van der Waals surface area contributed by atoms with Crippen molar-refractivity contribution in [3.8, 4) is 0 Å². The van der Waals surface area contributed by atoms with Gasteiger partial charge in [0.2, 0.25) is 11.0 Å². The summed E-state index contributed by atoms with van der Waals surface area (Å²) >= 11 is 7.36. The minimum absolute atomic E-state index is 0.0485. The highest BCUT2D eigenvalue weighted by atomic mass is 35.5. The zero-order chi connectivity index (χ0) is 20.5. The molecule has 0 bridgehead atoms. The topological polar surface area (TPSA) is 75.2 Å². The Morgan fingerprint density at radius 1 is 1.17 bits per heavy atom. The molecule has 1 atom stereocenters. The smallest absolute Gasteiger partial charge is 0.259 e. The van der Waals surface area contributed by atoms with Gasteiger partial charge in [-0.15, -0.1) is 10.2 Å². The van der Waals surface area contributed by atoms with Gasteiger partial charge in [-0.2, -0.15) is 0 Å². The fraction of sp³-hybridized carbons (Fsp3) is 0.238. The standard InChI is InChI=1S/C21H19ClN4O2S/c1-12-7-8-15(9-13(12)2)26-11-14(10-18(26)27)20-24-25-21(29-20)23-19(28)16-5-3-4-6-17(16)22/h3-9,14H,10-11H2,1-2H3,(H,23,25,28). The third-order valence-electron chi connectivity index (χ3n) is 5.06. The third-order valence-corrected chi connectivity index (χ3v) is 6.39. The number of hydrogen-bond donors (Lipinski definition) is 1. The van der Waals surface area contributed by atoms with Gasteiger partial charge in [0.05, 0.1) is 10.6 Å². The molecule has 0 spiro atoms. The Morgan fingerprint density at radius 2 is 1.97 bits per heavy atom. The van der Waals surface area contributed by atoms with Crippen molar-refractivity contribution < 1.29 is 9.59 Å². The number of nitrogens with one attached hydrogen (secondary N) is 1. The normalized spacial score (nSPS) is 16.3. The van der Waals surface area contributed by atoms with Crippen LogP contribution in [0.15, 0.2) is 42.5 Å². The second kappa shape index (κ2) is 7.93. The second-order valence-corrected chi connectivity index (χ2v) is 8.47. The van der Waals surface area contributed by atoms with Gasteiger partial charge in [-0.3, -0.25) is 14.9 Å². The molecule has 3 aromatic rings. The van der Waals surface area contributed by atoms with Gasteiger partial charge < -0.3 is 4.90 Å². The number of carbonyl (C=O) groups is 2. The molecule has 1 fully saturated rings. The number of halogens is 1. The molecule has 0 radical (unpaired) electrons. The maximum atomic E-state index is 12.6. The fourth-order valence-electron chi connectivity index (χ4n) is 3.28. The maximum Gasteiger partial charge on any atom is 0.259 e. The molecule has 6 nitrogen and oxygen atoms in total. The number of nitrogens with zero attached hydrogens (tertiary/aromatic N) is 3. The van der Waals surface area contributed by atoms with Crippen LogP contribution in [0.1, 0.15) is 38.8 Å². The van der Waals surface area contributed by atoms with Crippen LogP contribution in [0.5, 0.6) is 0 Å². The van der Waals surface area contributed by atoms with Gasteiger partial charge >= 0.3 is 0 Å². The molecule has 0 aliphatic carbocycles. The molecular weight excluding hydrogens is 408 g/mol. The minimum atomic E-state index is -0.336. The predicted molar refractivity (Wildman–Crippen MR) is 115 cm³/mol. The molecule has 1 N–H and O–H groups in total. The number of carbonyl (C=O) groups excluding carboxylic acids is 2. The van der Waals surface area contributed by atoms with Crippen LogP contribution < -0.4 is 10.2 Å². The van der Waals surface area contributed by atoms with Crippen LogP contribution in [-0.4, -0.2) is 28.6 Å². The second-order valence-electron chi connectivity index (χ2n) is 7.05. The highest BCUT2D eigenvalue weighted by molar-refractivity contribution is 7.15. The Balaban J connectivity index is 1.47. The first kappa shape index (κ1) is 19.5. The molecule has 1 aliphatic heterocycles. The summed E-state index contributed by atoms with van der Waals surface area (Å²) < 4.78 is 0. The lowest BCUT2D eigenvalue weighted by molar-refractivity contribution is -0.117. The molecule has 1 aliphatic rings. The summed E-state index contributed by atoms with van der Waals surface area (Å²) in [5, 5.41) is 12.5. The number of aromatic nitrogens is 2. The van der Waals surface area contributed by atoms with E-state index in [1.807, 2.05) is 32.0 Å². The van der Waals surface area contributed by atoms with Crippen LogP contribution in [0, 0.1) is 13.8 Å². The van der Waals surface area contributed by atoms with Gasteiger partial charge in [0, 0.05) is 24.6 Å². The van der Waals surface area contributed by atoms with Crippen molar-refractivity contribution in [3.63, 3.8) is 0 Å². The van der Waals surface area contributed by atoms with Gasteiger partial charge in [-0.1, -0.05) is 41.1 Å². The summed E-state index contributed by atoms with van der Waals surface area (Å²) in [4.78, 5) is 26.7. The number of hydrogen-bond acceptors (Lipinski definition) is 5. The first-order valence-corrected chi connectivity index (χ1v) is 10.4. The molecule has 1 unspecified atom stereocenters. The van der Waals surface area contributed by atoms with E-state index in [0.717, 1.165) is 16.3 Å². The van der Waals surface area contributed by atoms with Crippen LogP contribution >= 0.6 is 22.9 Å². The van der Waals surface area contributed by atoms with Crippen LogP contribution in [0.3, 0.4) is 0 Å². The first-order chi connectivity index (χ1) is 13.9. The molecule has 2 heterocycles. The highest BCUT2D eigenvalue weighted by Gasteiger charge is 2.34. The van der Waals surface area contributed by atoms with Crippen molar-refractivity contribution >= 4 is 45.6 Å². The molecule has 1 aromatic heterocycles. The van der Waals surface area contributed by atoms with E-state index in [9.17, 15) is 9.59 Å². The minimum Gasteiger partial charge on any atom is -0.312 e. The van der Waals surface area contributed by atoms with Crippen LogP contribution in [0.4, 0.5) is 10.8 Å². The summed E-state index contributed by atoms with van der Waals surface area (Å²) in [5.41, 5.74) is 3.62. The van der Waals surface area contributed by atoms with Gasteiger partial charge in [-0.05, 0) is 49.2 Å². The van der Waals surface area contributed by atoms with E-state index < -0.39 is 0 Å². The molecular formula is C21H19ClN4O2S. The van der Waals surface area contributed by atoms with E-state index in [0.29, 0.717) is 28.7 Å². The lowest BCUT2D eigenvalue weighted by Gasteiger charge is -2.17. The van der Waals surface area contributed by atoms with E-state index in [-0.39, 0.29) is 17.7 Å². The number of rotatable bonds is 4. The molecule has 2 aromatic carbocycles. The SMILES string of the molecule is Cc1ccc(N2CC(c3nnc(NC(=O)c4ccccc4Cl)s3)CC2=O)cc1C. The summed E-state index contributed by atoms with van der Waals surface area (Å²) in [6, 6.07) is 12.9. The van der Waals surface area contributed by atoms with E-state index in [1.54, 1.807) is 29.2 Å². The molecule has 148 valence electrons. The van der Waals surface area contributed by atoms with Crippen LogP contribution in [0.2, 0.25) is 5.02 Å². The van der Waals surface area contributed by atoms with Crippen LogP contribution in [-0.2, 0) is 4.79 Å². The monoisotopic (exact) mass is 426 g/mol. The van der Waals surface area contributed by atoms with Crippen molar-refractivity contribution in [1.82, 2.24) is 10.2 Å². The Labute approximate surface area is 177 Å². The third kappa shape index (κ3) is 4.02. The summed E-state index contributed by atoms with van der Waals surface area (Å²) in [7, 11) is 0. The van der Waals surface area contributed by atoms with E-state index in [2.05, 4.69) is 15.5 Å². The summed E-state index contributed by atoms with van der Waals surface area (Å²) in [5.74, 6) is -0.319. The molecule has 0 saturated carbocycles. The van der Waals surface area contributed by atoms with Crippen molar-refractivity contribution in [2.24, 2.45) is 0 Å². The molecule has 2 amide bonds. The maximum absolute atomic E-state index is 12.6. The van der Waals surface area contributed by atoms with Crippen molar-refractivity contribution in [3.05, 3.63) is 69.2 Å². The average molecular weight is 427 g/mol. The van der Waals surface area contributed by atoms with E-state index >= 15 is 0 Å². The zero-order valence-electron chi connectivity index (χ0n) is 16.0. The predicted octanol–water partition coefficient (Wildman–Crippen LogP) is 4.58. The fourth-order valence-corrected chi connectivity index (χ4v) is 4.33. The van der Waals surface area contributed by atoms with E-state index in [4.69, 9.17) is 11.6 Å². The van der Waals surface area contributed by atoms with Gasteiger partial charge in [-0.25, -0.2) is 0 Å². The largest absolute Gasteiger partial charge is 0.312 e. The lowest BCUT2D eigenvalue weighted by atomic mass is 10.1. The number of aryl methyl sites for hydroxylation is 2. The Hall–Kier alpha value is -2.77. The van der Waals surface area contributed by atoms with Crippen molar-refractivity contribution in [1.29, 1.82) is 0 Å². The van der Waals surface area contributed by atoms with Gasteiger partial charge in [0.15, 0.2) is 0 Å². The lowest BCUT2D eigenvalue weighted by Crippen LogP contribution is -2.24. The summed E-state index contributed by atoms with van der Waals surface area (Å²) in [6.07, 6.45) is 0.375. The molecule has 29 heavy (non-hydrogen) atoms. The van der Waals surface area contributed by atoms with Gasteiger partial charge in [0.1, 0.15) is 5.01 Å². The van der Waals surface area contributed by atoms with Crippen molar-refractivity contribution in [2.75, 3.05) is 16.8 Å².